The Kier molecular flexibility index (Phi) is 7.66. The summed E-state index contributed by atoms with van der Waals surface area (Å²) in [6, 6.07) is 11.9. The summed E-state index contributed by atoms with van der Waals surface area (Å²) in [6.07, 6.45) is 3.54. The summed E-state index contributed by atoms with van der Waals surface area (Å²) < 4.78 is 12.0. The molecule has 0 saturated carbocycles. The molecule has 0 radical (unpaired) electrons. The van der Waals surface area contributed by atoms with Gasteiger partial charge in [-0.05, 0) is 45.2 Å². The van der Waals surface area contributed by atoms with Crippen molar-refractivity contribution < 1.29 is 14.3 Å². The number of hydrogen-bond acceptors (Lipinski definition) is 3. The Hall–Kier alpha value is -2.07. The molecule has 0 spiro atoms. The van der Waals surface area contributed by atoms with E-state index in [0.29, 0.717) is 13.0 Å². The number of benzene rings is 2. The second kappa shape index (κ2) is 9.75. The number of fused-ring (bicyclic) bond motifs is 1. The molecule has 148 valence electrons. The van der Waals surface area contributed by atoms with Gasteiger partial charge in [0.05, 0.1) is 6.10 Å². The van der Waals surface area contributed by atoms with Crippen molar-refractivity contribution in [2.75, 3.05) is 11.9 Å². The third-order valence-electron chi connectivity index (χ3n) is 4.87. The van der Waals surface area contributed by atoms with E-state index in [-0.39, 0.29) is 12.0 Å². The van der Waals surface area contributed by atoms with E-state index < -0.39 is 5.60 Å². The largest absolute Gasteiger partial charge is 0.490 e. The van der Waals surface area contributed by atoms with Gasteiger partial charge in [0.2, 0.25) is 0 Å². The second-order valence-electron chi connectivity index (χ2n) is 7.28. The summed E-state index contributed by atoms with van der Waals surface area (Å²) >= 11 is 0. The van der Waals surface area contributed by atoms with Crippen LogP contribution in [-0.4, -0.2) is 24.2 Å². The Morgan fingerprint density at radius 1 is 1.07 bits per heavy atom. The van der Waals surface area contributed by atoms with E-state index in [4.69, 9.17) is 9.47 Å². The van der Waals surface area contributed by atoms with Gasteiger partial charge in [-0.25, -0.2) is 0 Å². The lowest BCUT2D eigenvalue weighted by molar-refractivity contribution is -0.140. The summed E-state index contributed by atoms with van der Waals surface area (Å²) in [4.78, 5) is 13.0. The second-order valence-corrected chi connectivity index (χ2v) is 7.28. The highest BCUT2D eigenvalue weighted by atomic mass is 16.5. The van der Waals surface area contributed by atoms with Crippen LogP contribution in [-0.2, 0) is 9.53 Å². The molecule has 0 aromatic heterocycles. The Morgan fingerprint density at radius 3 is 2.41 bits per heavy atom. The Labute approximate surface area is 163 Å². The first-order valence-corrected chi connectivity index (χ1v) is 10.1. The van der Waals surface area contributed by atoms with Crippen molar-refractivity contribution in [3.63, 3.8) is 0 Å². The number of carbonyl (C=O) groups is 1. The summed E-state index contributed by atoms with van der Waals surface area (Å²) in [5.41, 5.74) is -0.0351. The zero-order chi connectivity index (χ0) is 19.9. The van der Waals surface area contributed by atoms with Gasteiger partial charge >= 0.3 is 0 Å². The molecule has 2 aromatic rings. The highest BCUT2D eigenvalue weighted by Crippen LogP contribution is 2.33. The molecule has 0 aliphatic carbocycles. The molecule has 4 nitrogen and oxygen atoms in total. The quantitative estimate of drug-likeness (QED) is 0.562. The van der Waals surface area contributed by atoms with E-state index in [1.54, 1.807) is 0 Å². The van der Waals surface area contributed by atoms with Crippen LogP contribution in [0.15, 0.2) is 36.4 Å². The van der Waals surface area contributed by atoms with Gasteiger partial charge in [0.15, 0.2) is 0 Å². The van der Waals surface area contributed by atoms with Crippen LogP contribution >= 0.6 is 0 Å². The molecular weight excluding hydrogens is 338 g/mol. The first-order chi connectivity index (χ1) is 12.9. The third kappa shape index (κ3) is 5.23. The summed E-state index contributed by atoms with van der Waals surface area (Å²) in [7, 11) is 0. The number of ether oxygens (including phenoxy) is 2. The van der Waals surface area contributed by atoms with E-state index in [1.807, 2.05) is 50.2 Å². The van der Waals surface area contributed by atoms with Crippen molar-refractivity contribution in [2.45, 2.75) is 72.0 Å². The third-order valence-corrected chi connectivity index (χ3v) is 4.87. The van der Waals surface area contributed by atoms with Gasteiger partial charge in [-0.2, -0.15) is 0 Å². The molecule has 0 saturated heterocycles. The van der Waals surface area contributed by atoms with E-state index in [0.717, 1.165) is 41.5 Å². The molecule has 4 heteroatoms. The standard InChI is InChI=1S/C23H33NO3/c1-6-15-23(5,26-16-7-2)22(25)24-20-13-14-21(27-17(4)8-3)19-12-10-9-11-18(19)20/h9-14,17H,6-8,15-16H2,1-5H3,(H,24,25)/t17-,23+/m0/s1. The van der Waals surface area contributed by atoms with Crippen LogP contribution in [0.5, 0.6) is 5.75 Å². The Bertz CT molecular complexity index is 758. The number of anilines is 1. The predicted molar refractivity (Wildman–Crippen MR) is 113 cm³/mol. The van der Waals surface area contributed by atoms with Crippen LogP contribution in [0.4, 0.5) is 5.69 Å². The predicted octanol–water partition coefficient (Wildman–Crippen LogP) is 5.94. The zero-order valence-corrected chi connectivity index (χ0v) is 17.3. The molecule has 0 aliphatic heterocycles. The average molecular weight is 372 g/mol. The average Bonchev–Trinajstić information content (AvgIpc) is 2.68. The lowest BCUT2D eigenvalue weighted by Gasteiger charge is -2.28. The lowest BCUT2D eigenvalue weighted by atomic mass is 9.98. The van der Waals surface area contributed by atoms with Crippen LogP contribution in [0.3, 0.4) is 0 Å². The van der Waals surface area contributed by atoms with Crippen LogP contribution in [0.25, 0.3) is 10.8 Å². The van der Waals surface area contributed by atoms with Crippen molar-refractivity contribution in [3.8, 4) is 5.75 Å². The number of carbonyl (C=O) groups excluding carboxylic acids is 1. The topological polar surface area (TPSA) is 47.6 Å². The summed E-state index contributed by atoms with van der Waals surface area (Å²) in [5.74, 6) is 0.745. The van der Waals surface area contributed by atoms with E-state index in [1.165, 1.54) is 0 Å². The number of hydrogen-bond donors (Lipinski definition) is 1. The van der Waals surface area contributed by atoms with Crippen molar-refractivity contribution in [1.82, 2.24) is 0 Å². The summed E-state index contributed by atoms with van der Waals surface area (Å²) in [6.45, 7) is 10.7. The monoisotopic (exact) mass is 371 g/mol. The first-order valence-electron chi connectivity index (χ1n) is 10.1. The van der Waals surface area contributed by atoms with Crippen molar-refractivity contribution in [3.05, 3.63) is 36.4 Å². The molecule has 0 bridgehead atoms. The van der Waals surface area contributed by atoms with Gasteiger partial charge in [0, 0.05) is 23.1 Å². The van der Waals surface area contributed by atoms with Crippen LogP contribution in [0.2, 0.25) is 0 Å². The lowest BCUT2D eigenvalue weighted by Crippen LogP contribution is -2.43. The molecule has 2 atom stereocenters. The van der Waals surface area contributed by atoms with E-state index >= 15 is 0 Å². The molecule has 2 rings (SSSR count). The fourth-order valence-corrected chi connectivity index (χ4v) is 3.09. The van der Waals surface area contributed by atoms with Gasteiger partial charge in [-0.15, -0.1) is 0 Å². The maximum atomic E-state index is 13.0. The first kappa shape index (κ1) is 21.2. The van der Waals surface area contributed by atoms with E-state index in [9.17, 15) is 4.79 Å². The fraction of sp³-hybridized carbons (Fsp3) is 0.522. The van der Waals surface area contributed by atoms with Crippen LogP contribution in [0.1, 0.15) is 60.3 Å². The van der Waals surface area contributed by atoms with Crippen LogP contribution in [0, 0.1) is 0 Å². The Morgan fingerprint density at radius 2 is 1.78 bits per heavy atom. The molecule has 0 aliphatic rings. The molecule has 27 heavy (non-hydrogen) atoms. The van der Waals surface area contributed by atoms with Gasteiger partial charge in [0.25, 0.3) is 5.91 Å². The minimum absolute atomic E-state index is 0.0986. The highest BCUT2D eigenvalue weighted by molar-refractivity contribution is 6.06. The SMILES string of the molecule is CCCO[C@](C)(CCC)C(=O)Nc1ccc(O[C@@H](C)CC)c2ccccc12. The zero-order valence-electron chi connectivity index (χ0n) is 17.3. The maximum Gasteiger partial charge on any atom is 0.256 e. The molecule has 0 unspecified atom stereocenters. The summed E-state index contributed by atoms with van der Waals surface area (Å²) in [5, 5.41) is 5.07. The van der Waals surface area contributed by atoms with Gasteiger partial charge in [-0.1, -0.05) is 51.5 Å². The number of nitrogens with one attached hydrogen (secondary N) is 1. The molecule has 1 amide bonds. The van der Waals surface area contributed by atoms with Crippen molar-refractivity contribution in [2.24, 2.45) is 0 Å². The van der Waals surface area contributed by atoms with Crippen molar-refractivity contribution >= 4 is 22.4 Å². The van der Waals surface area contributed by atoms with Crippen molar-refractivity contribution in [1.29, 1.82) is 0 Å². The molecule has 0 fully saturated rings. The fourth-order valence-electron chi connectivity index (χ4n) is 3.09. The van der Waals surface area contributed by atoms with Gasteiger partial charge in [-0.3, -0.25) is 4.79 Å². The highest BCUT2D eigenvalue weighted by Gasteiger charge is 2.33. The minimum Gasteiger partial charge on any atom is -0.490 e. The Balaban J connectivity index is 2.33. The van der Waals surface area contributed by atoms with Gasteiger partial charge in [0.1, 0.15) is 11.4 Å². The maximum absolute atomic E-state index is 13.0. The van der Waals surface area contributed by atoms with E-state index in [2.05, 4.69) is 26.1 Å². The minimum atomic E-state index is -0.822. The normalized spacial score (nSPS) is 14.6. The van der Waals surface area contributed by atoms with Crippen LogP contribution < -0.4 is 10.1 Å². The number of rotatable bonds is 10. The smallest absolute Gasteiger partial charge is 0.256 e. The molecule has 1 N–H and O–H groups in total. The molecular formula is C23H33NO3. The molecule has 2 aromatic carbocycles. The van der Waals surface area contributed by atoms with Gasteiger partial charge < -0.3 is 14.8 Å². The molecule has 0 heterocycles. The number of amides is 1.